The smallest absolute Gasteiger partial charge is 0.269 e. The summed E-state index contributed by atoms with van der Waals surface area (Å²) in [6.45, 7) is 3.62. The van der Waals surface area contributed by atoms with E-state index < -0.39 is 4.92 Å². The standard InChI is InChI=1S/C16H19N5O3.ClH/c1-11-9-12(21(23)24)3-4-13(11)16(22)20-8-5-17-10-14(20)15-18-6-7-19(15)2;/h3-4,6-7,9,14,17H,5,8,10H2,1-2H3;1H. The van der Waals surface area contributed by atoms with Gasteiger partial charge >= 0.3 is 0 Å². The molecule has 25 heavy (non-hydrogen) atoms. The third kappa shape index (κ3) is 3.64. The molecule has 1 amide bonds. The normalized spacial score (nSPS) is 17.0. The van der Waals surface area contributed by atoms with Gasteiger partial charge in [-0.2, -0.15) is 0 Å². The van der Waals surface area contributed by atoms with Crippen molar-refractivity contribution in [1.82, 2.24) is 19.8 Å². The van der Waals surface area contributed by atoms with E-state index in [9.17, 15) is 14.9 Å². The molecule has 134 valence electrons. The van der Waals surface area contributed by atoms with Crippen LogP contribution in [-0.4, -0.2) is 44.9 Å². The lowest BCUT2D eigenvalue weighted by Crippen LogP contribution is -2.49. The lowest BCUT2D eigenvalue weighted by atomic mass is 10.0. The number of halogens is 1. The summed E-state index contributed by atoms with van der Waals surface area (Å²) in [4.78, 5) is 29.6. The van der Waals surface area contributed by atoms with E-state index in [2.05, 4.69) is 10.3 Å². The van der Waals surface area contributed by atoms with Gasteiger partial charge in [-0.3, -0.25) is 14.9 Å². The molecule has 1 unspecified atom stereocenters. The number of non-ortho nitro benzene ring substituents is 1. The van der Waals surface area contributed by atoms with Gasteiger partial charge in [-0.15, -0.1) is 12.4 Å². The molecule has 1 N–H and O–H groups in total. The van der Waals surface area contributed by atoms with Crippen molar-refractivity contribution in [3.63, 3.8) is 0 Å². The number of benzene rings is 1. The second-order valence-electron chi connectivity index (χ2n) is 5.87. The number of carbonyl (C=O) groups is 1. The minimum absolute atomic E-state index is 0. The Kier molecular flexibility index (Phi) is 5.76. The zero-order chi connectivity index (χ0) is 17.3. The Morgan fingerprint density at radius 1 is 1.44 bits per heavy atom. The van der Waals surface area contributed by atoms with Crippen LogP contribution in [0.4, 0.5) is 5.69 Å². The number of hydrogen-bond donors (Lipinski definition) is 1. The highest BCUT2D eigenvalue weighted by Gasteiger charge is 2.31. The SMILES string of the molecule is Cc1cc([N+](=O)[O-])ccc1C(=O)N1CCNCC1c1nccn1C.Cl. The summed E-state index contributed by atoms with van der Waals surface area (Å²) in [5.74, 6) is 0.687. The van der Waals surface area contributed by atoms with Crippen molar-refractivity contribution in [3.8, 4) is 0 Å². The number of nitro groups is 1. The summed E-state index contributed by atoms with van der Waals surface area (Å²) >= 11 is 0. The molecule has 1 aliphatic heterocycles. The molecule has 0 aliphatic carbocycles. The number of hydrogen-bond acceptors (Lipinski definition) is 5. The van der Waals surface area contributed by atoms with Gasteiger partial charge in [0.1, 0.15) is 11.9 Å². The first-order valence-corrected chi connectivity index (χ1v) is 7.73. The summed E-state index contributed by atoms with van der Waals surface area (Å²) in [5.41, 5.74) is 1.08. The molecular formula is C16H20ClN5O3. The Morgan fingerprint density at radius 3 is 2.80 bits per heavy atom. The molecule has 0 spiro atoms. The highest BCUT2D eigenvalue weighted by molar-refractivity contribution is 5.96. The summed E-state index contributed by atoms with van der Waals surface area (Å²) in [7, 11) is 1.90. The van der Waals surface area contributed by atoms with Gasteiger partial charge in [0.25, 0.3) is 11.6 Å². The third-order valence-electron chi connectivity index (χ3n) is 4.31. The number of nitro benzene ring substituents is 1. The molecule has 8 nitrogen and oxygen atoms in total. The van der Waals surface area contributed by atoms with E-state index in [4.69, 9.17) is 0 Å². The second kappa shape index (κ2) is 7.62. The Hall–Kier alpha value is -2.45. The van der Waals surface area contributed by atoms with Crippen molar-refractivity contribution >= 4 is 24.0 Å². The Bertz CT molecular complexity index is 792. The topological polar surface area (TPSA) is 93.3 Å². The minimum atomic E-state index is -0.456. The fourth-order valence-electron chi connectivity index (χ4n) is 3.03. The summed E-state index contributed by atoms with van der Waals surface area (Å²) in [6.07, 6.45) is 3.56. The van der Waals surface area contributed by atoms with Crippen molar-refractivity contribution in [3.05, 3.63) is 57.7 Å². The summed E-state index contributed by atoms with van der Waals surface area (Å²) in [6, 6.07) is 4.18. The Labute approximate surface area is 151 Å². The monoisotopic (exact) mass is 365 g/mol. The number of amides is 1. The summed E-state index contributed by atoms with van der Waals surface area (Å²) in [5, 5.41) is 14.2. The average Bonchev–Trinajstić information content (AvgIpc) is 3.00. The predicted octanol–water partition coefficient (Wildman–Crippen LogP) is 1.85. The van der Waals surface area contributed by atoms with Gasteiger partial charge in [0.05, 0.1) is 4.92 Å². The quantitative estimate of drug-likeness (QED) is 0.661. The lowest BCUT2D eigenvalue weighted by Gasteiger charge is -2.36. The first kappa shape index (κ1) is 18.9. The average molecular weight is 366 g/mol. The van der Waals surface area contributed by atoms with Gasteiger partial charge in [0, 0.05) is 56.8 Å². The van der Waals surface area contributed by atoms with Crippen LogP contribution in [0.15, 0.2) is 30.6 Å². The van der Waals surface area contributed by atoms with Gasteiger partial charge in [0.15, 0.2) is 0 Å². The number of rotatable bonds is 3. The van der Waals surface area contributed by atoms with Gasteiger partial charge in [-0.25, -0.2) is 4.98 Å². The molecular weight excluding hydrogens is 346 g/mol. The van der Waals surface area contributed by atoms with E-state index in [1.165, 1.54) is 18.2 Å². The van der Waals surface area contributed by atoms with Gasteiger partial charge in [-0.05, 0) is 18.6 Å². The molecule has 1 atom stereocenters. The molecule has 1 aliphatic rings. The van der Waals surface area contributed by atoms with E-state index in [-0.39, 0.29) is 30.0 Å². The highest BCUT2D eigenvalue weighted by Crippen LogP contribution is 2.25. The molecule has 2 heterocycles. The summed E-state index contributed by atoms with van der Waals surface area (Å²) < 4.78 is 1.90. The highest BCUT2D eigenvalue weighted by atomic mass is 35.5. The van der Waals surface area contributed by atoms with E-state index in [0.29, 0.717) is 30.8 Å². The van der Waals surface area contributed by atoms with Crippen LogP contribution in [0.2, 0.25) is 0 Å². The van der Waals surface area contributed by atoms with Crippen LogP contribution in [0.1, 0.15) is 27.8 Å². The largest absolute Gasteiger partial charge is 0.336 e. The van der Waals surface area contributed by atoms with Gasteiger partial charge in [0.2, 0.25) is 0 Å². The van der Waals surface area contributed by atoms with Crippen molar-refractivity contribution in [1.29, 1.82) is 0 Å². The van der Waals surface area contributed by atoms with Crippen molar-refractivity contribution in [2.75, 3.05) is 19.6 Å². The zero-order valence-electron chi connectivity index (χ0n) is 14.0. The zero-order valence-corrected chi connectivity index (χ0v) is 14.8. The Balaban J connectivity index is 0.00000225. The van der Waals surface area contributed by atoms with Crippen LogP contribution in [0, 0.1) is 17.0 Å². The number of piperazine rings is 1. The predicted molar refractivity (Wildman–Crippen MR) is 94.9 cm³/mol. The van der Waals surface area contributed by atoms with Crippen LogP contribution in [0.5, 0.6) is 0 Å². The third-order valence-corrected chi connectivity index (χ3v) is 4.31. The molecule has 3 rings (SSSR count). The number of nitrogens with zero attached hydrogens (tertiary/aromatic N) is 4. The van der Waals surface area contributed by atoms with Gasteiger partial charge in [-0.1, -0.05) is 0 Å². The molecule has 2 aromatic rings. The van der Waals surface area contributed by atoms with Gasteiger partial charge < -0.3 is 14.8 Å². The number of imidazole rings is 1. The number of aryl methyl sites for hydroxylation is 2. The van der Waals surface area contributed by atoms with Crippen LogP contribution in [-0.2, 0) is 7.05 Å². The molecule has 1 aromatic carbocycles. The van der Waals surface area contributed by atoms with Crippen LogP contribution >= 0.6 is 12.4 Å². The fraction of sp³-hybridized carbons (Fsp3) is 0.375. The lowest BCUT2D eigenvalue weighted by molar-refractivity contribution is -0.384. The molecule has 0 bridgehead atoms. The molecule has 9 heteroatoms. The van der Waals surface area contributed by atoms with Crippen molar-refractivity contribution in [2.45, 2.75) is 13.0 Å². The second-order valence-corrected chi connectivity index (χ2v) is 5.87. The van der Waals surface area contributed by atoms with Crippen LogP contribution in [0.3, 0.4) is 0 Å². The maximum Gasteiger partial charge on any atom is 0.269 e. The first-order chi connectivity index (χ1) is 11.5. The minimum Gasteiger partial charge on any atom is -0.336 e. The van der Waals surface area contributed by atoms with E-state index in [0.717, 1.165) is 5.82 Å². The number of nitrogens with one attached hydrogen (secondary N) is 1. The Morgan fingerprint density at radius 2 is 2.20 bits per heavy atom. The molecule has 1 fully saturated rings. The number of aromatic nitrogens is 2. The molecule has 1 saturated heterocycles. The first-order valence-electron chi connectivity index (χ1n) is 7.73. The maximum absolute atomic E-state index is 13.0. The van der Waals surface area contributed by atoms with E-state index in [1.54, 1.807) is 18.0 Å². The van der Waals surface area contributed by atoms with Crippen molar-refractivity contribution < 1.29 is 9.72 Å². The maximum atomic E-state index is 13.0. The molecule has 0 saturated carbocycles. The fourth-order valence-corrected chi connectivity index (χ4v) is 3.03. The number of carbonyl (C=O) groups excluding carboxylic acids is 1. The molecule has 1 aromatic heterocycles. The van der Waals surface area contributed by atoms with Crippen molar-refractivity contribution in [2.24, 2.45) is 7.05 Å². The van der Waals surface area contributed by atoms with Crippen LogP contribution in [0.25, 0.3) is 0 Å². The van der Waals surface area contributed by atoms with E-state index in [1.807, 2.05) is 17.8 Å². The molecule has 0 radical (unpaired) electrons. The van der Waals surface area contributed by atoms with Crippen LogP contribution < -0.4 is 5.32 Å². The van der Waals surface area contributed by atoms with E-state index >= 15 is 0 Å².